The molecule has 0 radical (unpaired) electrons. The SMILES string of the molecule is C[Si](C)(Br)O[Si](C)(Br)Br. The highest BCUT2D eigenvalue weighted by molar-refractivity contribution is 9.50. The van der Waals surface area contributed by atoms with E-state index < -0.39 is 12.5 Å². The van der Waals surface area contributed by atoms with Crippen LogP contribution in [0.1, 0.15) is 0 Å². The normalized spacial score (nSPS) is 14.0. The van der Waals surface area contributed by atoms with Crippen molar-refractivity contribution in [3.63, 3.8) is 0 Å². The second kappa shape index (κ2) is 3.49. The first kappa shape index (κ1) is 10.8. The van der Waals surface area contributed by atoms with Crippen molar-refractivity contribution in [3.05, 3.63) is 0 Å². The van der Waals surface area contributed by atoms with Gasteiger partial charge in [0.2, 0.25) is 6.94 Å². The molecule has 6 heteroatoms. The molecule has 0 N–H and O–H groups in total. The highest BCUT2D eigenvalue weighted by atomic mass is 79.9. The summed E-state index contributed by atoms with van der Waals surface area (Å²) < 4.78 is 5.65. The van der Waals surface area contributed by atoms with Crippen molar-refractivity contribution in [2.75, 3.05) is 0 Å². The molecule has 0 aliphatic heterocycles. The Hall–Kier alpha value is 1.83. The maximum Gasteiger partial charge on any atom is 0.323 e. The van der Waals surface area contributed by atoms with Crippen molar-refractivity contribution in [1.29, 1.82) is 0 Å². The molecule has 56 valence electrons. The molecule has 0 amide bonds. The maximum absolute atomic E-state index is 5.65. The van der Waals surface area contributed by atoms with Gasteiger partial charge in [0.05, 0.1) is 0 Å². The molecule has 0 aliphatic rings. The van der Waals surface area contributed by atoms with Gasteiger partial charge in [0.1, 0.15) is 0 Å². The van der Waals surface area contributed by atoms with Crippen LogP contribution in [0.15, 0.2) is 0 Å². The van der Waals surface area contributed by atoms with Gasteiger partial charge in [-0.25, -0.2) is 0 Å². The number of halogens is 3. The molecular formula is C3H9Br3OSi2. The predicted octanol–water partition coefficient (Wildman–Crippen LogP) is 3.46. The second-order valence-electron chi connectivity index (χ2n) is 2.27. The van der Waals surface area contributed by atoms with Gasteiger partial charge in [0.25, 0.3) is 0 Å². The van der Waals surface area contributed by atoms with Gasteiger partial charge in [-0.05, 0) is 19.6 Å². The lowest BCUT2D eigenvalue weighted by Crippen LogP contribution is -2.33. The summed E-state index contributed by atoms with van der Waals surface area (Å²) in [6.45, 7) is 4.73. The average molecular weight is 357 g/mol. The summed E-state index contributed by atoms with van der Waals surface area (Å²) in [5.74, 6) is 0. The molecule has 0 saturated heterocycles. The molecule has 0 bridgehead atoms. The fourth-order valence-electron chi connectivity index (χ4n) is 0.426. The minimum Gasteiger partial charge on any atom is -0.432 e. The van der Waals surface area contributed by atoms with Gasteiger partial charge in [0.15, 0.2) is 0 Å². The topological polar surface area (TPSA) is 9.23 Å². The van der Waals surface area contributed by atoms with Crippen LogP contribution in [0.2, 0.25) is 19.6 Å². The summed E-state index contributed by atoms with van der Waals surface area (Å²) in [5, 5.41) is 0. The van der Waals surface area contributed by atoms with E-state index in [1.54, 1.807) is 0 Å². The Bertz CT molecular complexity index is 82.2. The summed E-state index contributed by atoms with van der Waals surface area (Å²) in [7, 11) is 0. The summed E-state index contributed by atoms with van der Waals surface area (Å²) in [4.78, 5) is 0. The lowest BCUT2D eigenvalue weighted by molar-refractivity contribution is 0.613. The standard InChI is InChI=1S/C3H9Br3OSi2/c1-8(2,4)7-9(3,5)6/h1-3H3. The molecule has 9 heavy (non-hydrogen) atoms. The number of hydrogen-bond acceptors (Lipinski definition) is 1. The van der Waals surface area contributed by atoms with Crippen LogP contribution in [-0.2, 0) is 4.12 Å². The van der Waals surface area contributed by atoms with Gasteiger partial charge in [-0.15, -0.1) is 0 Å². The third kappa shape index (κ3) is 9.83. The maximum atomic E-state index is 5.65. The molecule has 0 unspecified atom stereocenters. The van der Waals surface area contributed by atoms with Gasteiger partial charge in [-0.3, -0.25) is 0 Å². The highest BCUT2D eigenvalue weighted by Gasteiger charge is 2.30. The van der Waals surface area contributed by atoms with Crippen molar-refractivity contribution >= 4 is 58.4 Å². The zero-order chi connectivity index (χ0) is 7.71. The van der Waals surface area contributed by atoms with E-state index in [0.29, 0.717) is 0 Å². The second-order valence-corrected chi connectivity index (χ2v) is 25.4. The minimum absolute atomic E-state index is 1.51. The van der Waals surface area contributed by atoms with Gasteiger partial charge in [0, 0.05) is 0 Å². The van der Waals surface area contributed by atoms with E-state index in [-0.39, 0.29) is 0 Å². The number of hydrogen-bond donors (Lipinski definition) is 0. The first-order valence-electron chi connectivity index (χ1n) is 2.48. The largest absolute Gasteiger partial charge is 0.432 e. The Morgan fingerprint density at radius 3 is 1.33 bits per heavy atom. The lowest BCUT2D eigenvalue weighted by atomic mass is 11.9. The Balaban J connectivity index is 3.75. The van der Waals surface area contributed by atoms with Crippen LogP contribution >= 0.6 is 45.9 Å². The Kier molecular flexibility index (Phi) is 4.20. The van der Waals surface area contributed by atoms with E-state index >= 15 is 0 Å². The molecule has 0 fully saturated rings. The lowest BCUT2D eigenvalue weighted by Gasteiger charge is -2.22. The molecule has 0 aliphatic carbocycles. The molecule has 0 atom stereocenters. The molecule has 0 aromatic rings. The Labute approximate surface area is 81.5 Å². The summed E-state index contributed by atoms with van der Waals surface area (Å²) >= 11 is 10.4. The quantitative estimate of drug-likeness (QED) is 0.544. The monoisotopic (exact) mass is 354 g/mol. The van der Waals surface area contributed by atoms with Crippen molar-refractivity contribution < 1.29 is 4.12 Å². The third-order valence-electron chi connectivity index (χ3n) is 0.422. The van der Waals surface area contributed by atoms with Crippen LogP contribution in [0.5, 0.6) is 0 Å². The van der Waals surface area contributed by atoms with E-state index in [4.69, 9.17) is 4.12 Å². The molecule has 0 saturated carbocycles. The van der Waals surface area contributed by atoms with E-state index in [9.17, 15) is 0 Å². The van der Waals surface area contributed by atoms with Crippen LogP contribution < -0.4 is 0 Å². The van der Waals surface area contributed by atoms with Gasteiger partial charge >= 0.3 is 5.56 Å². The molecule has 0 spiro atoms. The van der Waals surface area contributed by atoms with E-state index in [2.05, 4.69) is 59.0 Å². The predicted molar refractivity (Wildman–Crippen MR) is 57.0 cm³/mol. The van der Waals surface area contributed by atoms with E-state index in [1.165, 1.54) is 0 Å². The zero-order valence-electron chi connectivity index (χ0n) is 5.54. The average Bonchev–Trinajstić information content (AvgIpc) is 1.14. The van der Waals surface area contributed by atoms with Crippen LogP contribution in [0, 0.1) is 0 Å². The van der Waals surface area contributed by atoms with Gasteiger partial charge < -0.3 is 4.12 Å². The molecular weight excluding hydrogens is 348 g/mol. The Morgan fingerprint density at radius 2 is 1.33 bits per heavy atom. The zero-order valence-corrected chi connectivity index (χ0v) is 12.3. The van der Waals surface area contributed by atoms with Crippen LogP contribution in [0.25, 0.3) is 0 Å². The molecule has 0 heterocycles. The minimum atomic E-state index is -1.65. The van der Waals surface area contributed by atoms with Crippen molar-refractivity contribution in [3.8, 4) is 0 Å². The summed E-state index contributed by atoms with van der Waals surface area (Å²) in [6, 6.07) is 0. The molecule has 1 nitrogen and oxygen atoms in total. The van der Waals surface area contributed by atoms with Crippen LogP contribution in [-0.4, -0.2) is 12.5 Å². The summed E-state index contributed by atoms with van der Waals surface area (Å²) in [5.41, 5.74) is -1.65. The number of rotatable bonds is 2. The van der Waals surface area contributed by atoms with E-state index in [1.807, 2.05) is 6.55 Å². The third-order valence-corrected chi connectivity index (χ3v) is 8.17. The molecule has 0 aromatic carbocycles. The smallest absolute Gasteiger partial charge is 0.323 e. The first-order chi connectivity index (χ1) is 3.71. The molecule has 0 rings (SSSR count). The Morgan fingerprint density at radius 1 is 1.00 bits per heavy atom. The fourth-order valence-corrected chi connectivity index (χ4v) is 17.9. The van der Waals surface area contributed by atoms with E-state index in [0.717, 1.165) is 0 Å². The first-order valence-corrected chi connectivity index (χ1v) is 14.6. The van der Waals surface area contributed by atoms with Crippen molar-refractivity contribution in [2.45, 2.75) is 19.6 Å². The van der Waals surface area contributed by atoms with Crippen molar-refractivity contribution in [1.82, 2.24) is 0 Å². The fraction of sp³-hybridized carbons (Fsp3) is 1.00. The van der Waals surface area contributed by atoms with Gasteiger partial charge in [-0.2, -0.15) is 0 Å². The van der Waals surface area contributed by atoms with Crippen molar-refractivity contribution in [2.24, 2.45) is 0 Å². The highest BCUT2D eigenvalue weighted by Crippen LogP contribution is 2.28. The van der Waals surface area contributed by atoms with Gasteiger partial charge in [-0.1, -0.05) is 45.9 Å². The molecule has 0 aromatic heterocycles. The van der Waals surface area contributed by atoms with Crippen LogP contribution in [0.3, 0.4) is 0 Å². The van der Waals surface area contributed by atoms with Crippen LogP contribution in [0.4, 0.5) is 0 Å². The summed E-state index contributed by atoms with van der Waals surface area (Å²) in [6.07, 6.45) is 0.